The van der Waals surface area contributed by atoms with E-state index in [0.29, 0.717) is 6.61 Å². The van der Waals surface area contributed by atoms with Crippen LogP contribution in [0.3, 0.4) is 0 Å². The number of nitrogens with one attached hydrogen (secondary N) is 2. The topological polar surface area (TPSA) is 84.5 Å². The summed E-state index contributed by atoms with van der Waals surface area (Å²) in [7, 11) is -3.74. The molecule has 10 heteroatoms. The van der Waals surface area contributed by atoms with Crippen LogP contribution < -0.4 is 10.0 Å². The summed E-state index contributed by atoms with van der Waals surface area (Å²) in [6.45, 7) is 0.787. The van der Waals surface area contributed by atoms with Crippen LogP contribution in [0.1, 0.15) is 23.2 Å². The van der Waals surface area contributed by atoms with Gasteiger partial charge in [-0.2, -0.15) is 0 Å². The van der Waals surface area contributed by atoms with Gasteiger partial charge in [-0.3, -0.25) is 4.79 Å². The van der Waals surface area contributed by atoms with E-state index >= 15 is 0 Å². The minimum Gasteiger partial charge on any atom is -0.377 e. The Bertz CT molecular complexity index is 758. The van der Waals surface area contributed by atoms with Gasteiger partial charge in [-0.05, 0) is 31.0 Å². The van der Waals surface area contributed by atoms with Gasteiger partial charge in [-0.15, -0.1) is 0 Å². The molecule has 25 heavy (non-hydrogen) atoms. The summed E-state index contributed by atoms with van der Waals surface area (Å²) >= 11 is 16.7. The molecule has 2 rings (SSSR count). The van der Waals surface area contributed by atoms with Crippen molar-refractivity contribution in [2.75, 3.05) is 19.7 Å². The standard InChI is InChI=1S/C15H17Cl3N2O4S/c16-13(14(17)18)9-19-15(21)10-3-1-5-12(7-10)25(22,23)20-8-11-4-2-6-24-11/h1,3,5,7,11,20H,2,4,6,8-9H2,(H,19,21). The second-order valence-corrected chi connectivity index (χ2v) is 8.54. The third-order valence-corrected chi connectivity index (χ3v) is 5.93. The number of ether oxygens (including phenoxy) is 1. The van der Waals surface area contributed by atoms with Crippen molar-refractivity contribution in [1.82, 2.24) is 10.0 Å². The fourth-order valence-electron chi connectivity index (χ4n) is 2.22. The molecule has 2 N–H and O–H groups in total. The molecule has 1 aliphatic heterocycles. The number of benzene rings is 1. The number of hydrogen-bond acceptors (Lipinski definition) is 4. The third kappa shape index (κ3) is 6.13. The minimum atomic E-state index is -3.74. The molecule has 0 spiro atoms. The van der Waals surface area contributed by atoms with Crippen LogP contribution in [0, 0.1) is 0 Å². The van der Waals surface area contributed by atoms with Crippen molar-refractivity contribution in [1.29, 1.82) is 0 Å². The lowest BCUT2D eigenvalue weighted by Crippen LogP contribution is -2.32. The molecule has 1 aliphatic rings. The van der Waals surface area contributed by atoms with Crippen molar-refractivity contribution >= 4 is 50.7 Å². The SMILES string of the molecule is O=C(NCC(Cl)=C(Cl)Cl)c1cccc(S(=O)(=O)NCC2CCCO2)c1. The predicted molar refractivity (Wildman–Crippen MR) is 97.5 cm³/mol. The summed E-state index contributed by atoms with van der Waals surface area (Å²) < 4.78 is 32.5. The molecule has 1 unspecified atom stereocenters. The molecule has 1 heterocycles. The molecule has 1 saturated heterocycles. The van der Waals surface area contributed by atoms with E-state index in [1.807, 2.05) is 0 Å². The molecule has 0 aliphatic carbocycles. The van der Waals surface area contributed by atoms with Crippen molar-refractivity contribution < 1.29 is 17.9 Å². The number of amides is 1. The maximum Gasteiger partial charge on any atom is 0.251 e. The Morgan fingerprint density at radius 1 is 1.28 bits per heavy atom. The fourth-order valence-corrected chi connectivity index (χ4v) is 3.53. The van der Waals surface area contributed by atoms with E-state index in [9.17, 15) is 13.2 Å². The average molecular weight is 428 g/mol. The first kappa shape index (κ1) is 20.5. The number of carbonyl (C=O) groups excluding carboxylic acids is 1. The second kappa shape index (κ2) is 9.21. The Morgan fingerprint density at radius 3 is 2.68 bits per heavy atom. The quantitative estimate of drug-likeness (QED) is 0.701. The van der Waals surface area contributed by atoms with E-state index in [4.69, 9.17) is 39.5 Å². The van der Waals surface area contributed by atoms with Crippen molar-refractivity contribution in [3.05, 3.63) is 39.4 Å². The lowest BCUT2D eigenvalue weighted by Gasteiger charge is -2.12. The van der Waals surface area contributed by atoms with Crippen LogP contribution in [0.25, 0.3) is 0 Å². The van der Waals surface area contributed by atoms with Gasteiger partial charge in [0, 0.05) is 18.7 Å². The van der Waals surface area contributed by atoms with Gasteiger partial charge in [-0.1, -0.05) is 40.9 Å². The Balaban J connectivity index is 2.03. The normalized spacial score (nSPS) is 17.3. The van der Waals surface area contributed by atoms with Gasteiger partial charge in [-0.25, -0.2) is 13.1 Å². The van der Waals surface area contributed by atoms with Crippen LogP contribution in [-0.4, -0.2) is 40.1 Å². The van der Waals surface area contributed by atoms with Gasteiger partial charge >= 0.3 is 0 Å². The first-order valence-corrected chi connectivity index (χ1v) is 10.1. The van der Waals surface area contributed by atoms with Crippen molar-refractivity contribution in [2.45, 2.75) is 23.8 Å². The van der Waals surface area contributed by atoms with E-state index in [2.05, 4.69) is 10.0 Å². The number of halogens is 3. The van der Waals surface area contributed by atoms with E-state index < -0.39 is 15.9 Å². The molecule has 1 atom stereocenters. The summed E-state index contributed by atoms with van der Waals surface area (Å²) in [4.78, 5) is 12.1. The van der Waals surface area contributed by atoms with Gasteiger partial charge in [0.2, 0.25) is 10.0 Å². The molecule has 1 aromatic carbocycles. The molecular formula is C15H17Cl3N2O4S. The van der Waals surface area contributed by atoms with E-state index in [1.165, 1.54) is 24.3 Å². The van der Waals surface area contributed by atoms with E-state index in [0.717, 1.165) is 12.8 Å². The maximum atomic E-state index is 12.4. The van der Waals surface area contributed by atoms with Gasteiger partial charge in [0.25, 0.3) is 5.91 Å². The smallest absolute Gasteiger partial charge is 0.251 e. The second-order valence-electron chi connectivity index (χ2n) is 5.36. The molecule has 1 aromatic rings. The Labute approximate surface area is 161 Å². The molecule has 0 aromatic heterocycles. The van der Waals surface area contributed by atoms with Gasteiger partial charge < -0.3 is 10.1 Å². The molecule has 1 amide bonds. The largest absolute Gasteiger partial charge is 0.377 e. The van der Waals surface area contributed by atoms with Crippen LogP contribution in [0.15, 0.2) is 38.7 Å². The van der Waals surface area contributed by atoms with Crippen molar-refractivity contribution in [3.8, 4) is 0 Å². The summed E-state index contributed by atoms with van der Waals surface area (Å²) in [5, 5.41) is 2.58. The molecule has 1 fully saturated rings. The van der Waals surface area contributed by atoms with Crippen LogP contribution in [0.5, 0.6) is 0 Å². The lowest BCUT2D eigenvalue weighted by molar-refractivity contribution is 0.0957. The van der Waals surface area contributed by atoms with Crippen LogP contribution in [0.2, 0.25) is 0 Å². The van der Waals surface area contributed by atoms with E-state index in [1.54, 1.807) is 0 Å². The number of sulfonamides is 1. The highest BCUT2D eigenvalue weighted by Crippen LogP contribution is 2.17. The Kier molecular flexibility index (Phi) is 7.54. The average Bonchev–Trinajstić information content (AvgIpc) is 3.11. The summed E-state index contributed by atoms with van der Waals surface area (Å²) in [5.74, 6) is -0.496. The molecule has 0 saturated carbocycles. The van der Waals surface area contributed by atoms with Gasteiger partial charge in [0.05, 0.1) is 22.6 Å². The summed E-state index contributed by atoms with van der Waals surface area (Å²) in [6, 6.07) is 5.68. The third-order valence-electron chi connectivity index (χ3n) is 3.54. The highest BCUT2D eigenvalue weighted by atomic mass is 35.5. The van der Waals surface area contributed by atoms with Crippen molar-refractivity contribution in [3.63, 3.8) is 0 Å². The Morgan fingerprint density at radius 2 is 2.04 bits per heavy atom. The predicted octanol–water partition coefficient (Wildman–Crippen LogP) is 2.76. The molecule has 0 bridgehead atoms. The van der Waals surface area contributed by atoms with Crippen LogP contribution in [-0.2, 0) is 14.8 Å². The highest BCUT2D eigenvalue weighted by Gasteiger charge is 2.21. The zero-order valence-corrected chi connectivity index (χ0v) is 16.2. The summed E-state index contributed by atoms with van der Waals surface area (Å²) in [5.41, 5.74) is 0.176. The Hall–Kier alpha value is -0.830. The zero-order chi connectivity index (χ0) is 18.4. The number of rotatable bonds is 7. The zero-order valence-electron chi connectivity index (χ0n) is 13.1. The molecule has 6 nitrogen and oxygen atoms in total. The monoisotopic (exact) mass is 426 g/mol. The van der Waals surface area contributed by atoms with Crippen LogP contribution >= 0.6 is 34.8 Å². The van der Waals surface area contributed by atoms with Crippen molar-refractivity contribution in [2.24, 2.45) is 0 Å². The number of carbonyl (C=O) groups is 1. The van der Waals surface area contributed by atoms with Gasteiger partial charge in [0.15, 0.2) is 0 Å². The molecule has 138 valence electrons. The first-order chi connectivity index (χ1) is 11.8. The van der Waals surface area contributed by atoms with Gasteiger partial charge in [0.1, 0.15) is 4.49 Å². The minimum absolute atomic E-state index is 0.00448. The highest BCUT2D eigenvalue weighted by molar-refractivity contribution is 7.89. The fraction of sp³-hybridized carbons (Fsp3) is 0.400. The number of hydrogen-bond donors (Lipinski definition) is 2. The summed E-state index contributed by atoms with van der Waals surface area (Å²) in [6.07, 6.45) is 1.63. The molecular weight excluding hydrogens is 411 g/mol. The first-order valence-electron chi connectivity index (χ1n) is 7.49. The van der Waals surface area contributed by atoms with Crippen LogP contribution in [0.4, 0.5) is 0 Å². The lowest BCUT2D eigenvalue weighted by atomic mass is 10.2. The van der Waals surface area contributed by atoms with E-state index in [-0.39, 0.29) is 39.2 Å². The maximum absolute atomic E-state index is 12.4. The molecule has 0 radical (unpaired) electrons.